The van der Waals surface area contributed by atoms with Crippen molar-refractivity contribution in [3.63, 3.8) is 0 Å². The van der Waals surface area contributed by atoms with Gasteiger partial charge in [0.2, 0.25) is 0 Å². The van der Waals surface area contributed by atoms with Gasteiger partial charge in [0.25, 0.3) is 5.91 Å². The van der Waals surface area contributed by atoms with E-state index in [-0.39, 0.29) is 11.3 Å². The van der Waals surface area contributed by atoms with E-state index in [9.17, 15) is 4.79 Å². The fraction of sp³-hybridized carbons (Fsp3) is 0.533. The van der Waals surface area contributed by atoms with Crippen molar-refractivity contribution in [3.05, 3.63) is 34.9 Å². The normalized spacial score (nSPS) is 22.1. The SMILES string of the molecule is Cc1ccc2c(c1)C(=O)NCC21CCCCC1. The first-order chi connectivity index (χ1) is 8.21. The van der Waals surface area contributed by atoms with E-state index in [1.54, 1.807) is 0 Å². The van der Waals surface area contributed by atoms with Gasteiger partial charge in [-0.3, -0.25) is 4.79 Å². The summed E-state index contributed by atoms with van der Waals surface area (Å²) in [5.74, 6) is 0.111. The number of fused-ring (bicyclic) bond motifs is 2. The van der Waals surface area contributed by atoms with Crippen LogP contribution < -0.4 is 5.32 Å². The number of carbonyl (C=O) groups is 1. The summed E-state index contributed by atoms with van der Waals surface area (Å²) >= 11 is 0. The molecule has 90 valence electrons. The lowest BCUT2D eigenvalue weighted by Crippen LogP contribution is -2.47. The first-order valence-corrected chi connectivity index (χ1v) is 6.61. The molecule has 1 saturated carbocycles. The standard InChI is InChI=1S/C15H19NO/c1-11-5-6-13-12(9-11)14(17)16-10-15(13)7-3-2-4-8-15/h5-6,9H,2-4,7-8,10H2,1H3,(H,16,17). The fourth-order valence-corrected chi connectivity index (χ4v) is 3.42. The van der Waals surface area contributed by atoms with E-state index in [1.165, 1.54) is 43.2 Å². The maximum Gasteiger partial charge on any atom is 0.251 e. The van der Waals surface area contributed by atoms with Gasteiger partial charge in [0.05, 0.1) is 0 Å². The molecule has 0 atom stereocenters. The minimum Gasteiger partial charge on any atom is -0.351 e. The summed E-state index contributed by atoms with van der Waals surface area (Å²) in [5.41, 5.74) is 3.62. The summed E-state index contributed by atoms with van der Waals surface area (Å²) < 4.78 is 0. The predicted octanol–water partition coefficient (Wildman–Crippen LogP) is 2.94. The van der Waals surface area contributed by atoms with Crippen LogP contribution in [0.2, 0.25) is 0 Å². The highest BCUT2D eigenvalue weighted by Crippen LogP contribution is 2.42. The Morgan fingerprint density at radius 3 is 2.71 bits per heavy atom. The van der Waals surface area contributed by atoms with Crippen LogP contribution in [0, 0.1) is 6.92 Å². The zero-order chi connectivity index (χ0) is 11.9. The molecule has 0 unspecified atom stereocenters. The second-order valence-corrected chi connectivity index (χ2v) is 5.57. The smallest absolute Gasteiger partial charge is 0.251 e. The van der Waals surface area contributed by atoms with Gasteiger partial charge in [0, 0.05) is 17.5 Å². The van der Waals surface area contributed by atoms with Gasteiger partial charge < -0.3 is 5.32 Å². The van der Waals surface area contributed by atoms with Crippen molar-refractivity contribution in [2.45, 2.75) is 44.4 Å². The third kappa shape index (κ3) is 1.67. The Morgan fingerprint density at radius 2 is 1.94 bits per heavy atom. The van der Waals surface area contributed by atoms with E-state index in [4.69, 9.17) is 0 Å². The molecule has 1 N–H and O–H groups in total. The lowest BCUT2D eigenvalue weighted by molar-refractivity contribution is 0.0912. The van der Waals surface area contributed by atoms with Crippen molar-refractivity contribution in [2.24, 2.45) is 0 Å². The van der Waals surface area contributed by atoms with Crippen LogP contribution in [0.3, 0.4) is 0 Å². The first kappa shape index (κ1) is 10.8. The van der Waals surface area contributed by atoms with Crippen LogP contribution in [-0.2, 0) is 5.41 Å². The summed E-state index contributed by atoms with van der Waals surface area (Å²) in [4.78, 5) is 12.0. The highest BCUT2D eigenvalue weighted by Gasteiger charge is 2.39. The van der Waals surface area contributed by atoms with Gasteiger partial charge in [-0.2, -0.15) is 0 Å². The van der Waals surface area contributed by atoms with Crippen molar-refractivity contribution in [1.29, 1.82) is 0 Å². The van der Waals surface area contributed by atoms with Crippen molar-refractivity contribution < 1.29 is 4.79 Å². The predicted molar refractivity (Wildman–Crippen MR) is 68.3 cm³/mol. The average Bonchev–Trinajstić information content (AvgIpc) is 2.36. The number of nitrogens with one attached hydrogen (secondary N) is 1. The summed E-state index contributed by atoms with van der Waals surface area (Å²) in [7, 11) is 0. The zero-order valence-corrected chi connectivity index (χ0v) is 10.4. The monoisotopic (exact) mass is 229 g/mol. The largest absolute Gasteiger partial charge is 0.351 e. The Morgan fingerprint density at radius 1 is 1.18 bits per heavy atom. The molecule has 2 nitrogen and oxygen atoms in total. The van der Waals surface area contributed by atoms with Crippen LogP contribution in [0.4, 0.5) is 0 Å². The Bertz CT molecular complexity index is 458. The van der Waals surface area contributed by atoms with E-state index in [2.05, 4.69) is 24.4 Å². The molecule has 0 bridgehead atoms. The lowest BCUT2D eigenvalue weighted by atomic mass is 9.66. The van der Waals surface area contributed by atoms with Gasteiger partial charge in [-0.05, 0) is 31.4 Å². The Kier molecular flexibility index (Phi) is 2.46. The number of hydrogen-bond acceptors (Lipinski definition) is 1. The van der Waals surface area contributed by atoms with Gasteiger partial charge >= 0.3 is 0 Å². The molecule has 1 spiro atoms. The number of rotatable bonds is 0. The Hall–Kier alpha value is -1.31. The van der Waals surface area contributed by atoms with Gasteiger partial charge in [-0.25, -0.2) is 0 Å². The average molecular weight is 229 g/mol. The quantitative estimate of drug-likeness (QED) is 0.728. The minimum absolute atomic E-state index is 0.111. The molecule has 1 aliphatic heterocycles. The third-order valence-electron chi connectivity index (χ3n) is 4.39. The van der Waals surface area contributed by atoms with Gasteiger partial charge in [0.15, 0.2) is 0 Å². The van der Waals surface area contributed by atoms with Gasteiger partial charge in [-0.15, -0.1) is 0 Å². The topological polar surface area (TPSA) is 29.1 Å². The van der Waals surface area contributed by atoms with Gasteiger partial charge in [0.1, 0.15) is 0 Å². The minimum atomic E-state index is 0.111. The van der Waals surface area contributed by atoms with Crippen molar-refractivity contribution >= 4 is 5.91 Å². The number of aryl methyl sites for hydroxylation is 1. The maximum absolute atomic E-state index is 12.0. The van der Waals surface area contributed by atoms with E-state index in [0.717, 1.165) is 12.1 Å². The molecule has 1 aromatic rings. The van der Waals surface area contributed by atoms with Crippen molar-refractivity contribution in [3.8, 4) is 0 Å². The molecule has 3 rings (SSSR count). The highest BCUT2D eigenvalue weighted by molar-refractivity contribution is 5.97. The van der Waals surface area contributed by atoms with Crippen LogP contribution in [0.25, 0.3) is 0 Å². The molecule has 1 amide bonds. The van der Waals surface area contributed by atoms with E-state index in [0.29, 0.717) is 0 Å². The van der Waals surface area contributed by atoms with E-state index < -0.39 is 0 Å². The number of hydrogen-bond donors (Lipinski definition) is 1. The zero-order valence-electron chi connectivity index (χ0n) is 10.4. The number of amides is 1. The molecule has 17 heavy (non-hydrogen) atoms. The van der Waals surface area contributed by atoms with Crippen molar-refractivity contribution in [2.75, 3.05) is 6.54 Å². The van der Waals surface area contributed by atoms with Crippen LogP contribution in [0.1, 0.15) is 53.6 Å². The number of carbonyl (C=O) groups excluding carboxylic acids is 1. The summed E-state index contributed by atoms with van der Waals surface area (Å²) in [6, 6.07) is 6.38. The number of benzene rings is 1. The summed E-state index contributed by atoms with van der Waals surface area (Å²) in [6.45, 7) is 2.89. The van der Waals surface area contributed by atoms with Gasteiger partial charge in [-0.1, -0.05) is 37.0 Å². The van der Waals surface area contributed by atoms with Crippen LogP contribution in [0.15, 0.2) is 18.2 Å². The molecule has 1 aliphatic carbocycles. The second kappa shape index (κ2) is 3.86. The Balaban J connectivity index is 2.11. The Labute approximate surface area is 102 Å². The van der Waals surface area contributed by atoms with Crippen LogP contribution >= 0.6 is 0 Å². The molecular weight excluding hydrogens is 210 g/mol. The molecule has 0 radical (unpaired) electrons. The van der Waals surface area contributed by atoms with Crippen LogP contribution in [-0.4, -0.2) is 12.5 Å². The lowest BCUT2D eigenvalue weighted by Gasteiger charge is -2.42. The highest BCUT2D eigenvalue weighted by atomic mass is 16.1. The fourth-order valence-electron chi connectivity index (χ4n) is 3.42. The molecule has 1 heterocycles. The summed E-state index contributed by atoms with van der Waals surface area (Å²) in [5, 5.41) is 3.09. The van der Waals surface area contributed by atoms with Crippen molar-refractivity contribution in [1.82, 2.24) is 5.32 Å². The molecular formula is C15H19NO. The molecule has 2 heteroatoms. The van der Waals surface area contributed by atoms with Crippen LogP contribution in [0.5, 0.6) is 0 Å². The molecule has 0 aromatic heterocycles. The molecule has 1 aromatic carbocycles. The van der Waals surface area contributed by atoms with E-state index in [1.807, 2.05) is 6.07 Å². The summed E-state index contributed by atoms with van der Waals surface area (Å²) in [6.07, 6.45) is 6.38. The second-order valence-electron chi connectivity index (χ2n) is 5.57. The molecule has 0 saturated heterocycles. The van der Waals surface area contributed by atoms with E-state index >= 15 is 0 Å². The maximum atomic E-state index is 12.0. The first-order valence-electron chi connectivity index (χ1n) is 6.61. The molecule has 2 aliphatic rings. The molecule has 1 fully saturated rings. The third-order valence-corrected chi connectivity index (χ3v) is 4.39.